The van der Waals surface area contributed by atoms with Crippen LogP contribution in [0.5, 0.6) is 0 Å². The first kappa shape index (κ1) is 17.2. The average Bonchev–Trinajstić information content (AvgIpc) is 3.09. The molecule has 4 nitrogen and oxygen atoms in total. The Kier molecular flexibility index (Phi) is 5.49. The highest BCUT2D eigenvalue weighted by Gasteiger charge is 2.22. The van der Waals surface area contributed by atoms with Crippen LogP contribution in [0.15, 0.2) is 48.5 Å². The summed E-state index contributed by atoms with van der Waals surface area (Å²) in [4.78, 5) is 24.4. The van der Waals surface area contributed by atoms with E-state index >= 15 is 0 Å². The van der Waals surface area contributed by atoms with Crippen molar-refractivity contribution in [2.75, 3.05) is 7.11 Å². The first-order valence-corrected chi connectivity index (χ1v) is 8.67. The van der Waals surface area contributed by atoms with E-state index in [1.807, 2.05) is 36.4 Å². The number of ether oxygens (including phenoxy) is 1. The number of benzene rings is 2. The Morgan fingerprint density at radius 3 is 2.56 bits per heavy atom. The van der Waals surface area contributed by atoms with Crippen molar-refractivity contribution in [1.82, 2.24) is 5.32 Å². The molecule has 3 rings (SSSR count). The molecule has 0 aromatic heterocycles. The lowest BCUT2D eigenvalue weighted by Crippen LogP contribution is -2.43. The van der Waals surface area contributed by atoms with Gasteiger partial charge in [0, 0.05) is 6.42 Å². The third-order valence-electron chi connectivity index (χ3n) is 4.63. The molecule has 2 aromatic carbocycles. The van der Waals surface area contributed by atoms with Gasteiger partial charge in [0.2, 0.25) is 5.91 Å². The Morgan fingerprint density at radius 2 is 1.80 bits per heavy atom. The number of esters is 1. The molecule has 0 heterocycles. The van der Waals surface area contributed by atoms with Crippen molar-refractivity contribution in [3.05, 3.63) is 70.8 Å². The molecular weight excluding hydrogens is 314 g/mol. The van der Waals surface area contributed by atoms with E-state index in [-0.39, 0.29) is 12.3 Å². The van der Waals surface area contributed by atoms with Crippen LogP contribution in [0, 0.1) is 0 Å². The van der Waals surface area contributed by atoms with Crippen LogP contribution in [0.2, 0.25) is 0 Å². The summed E-state index contributed by atoms with van der Waals surface area (Å²) in [5.41, 5.74) is 4.71. The van der Waals surface area contributed by atoms with Crippen LogP contribution in [0.25, 0.3) is 0 Å². The fourth-order valence-corrected chi connectivity index (χ4v) is 3.35. The maximum absolute atomic E-state index is 12.4. The maximum atomic E-state index is 12.4. The van der Waals surface area contributed by atoms with Crippen molar-refractivity contribution in [3.63, 3.8) is 0 Å². The molecule has 0 aliphatic heterocycles. The highest BCUT2D eigenvalue weighted by Crippen LogP contribution is 2.23. The zero-order chi connectivity index (χ0) is 17.6. The number of carbonyl (C=O) groups excluding carboxylic acids is 2. The van der Waals surface area contributed by atoms with Gasteiger partial charge in [-0.15, -0.1) is 0 Å². The average molecular weight is 337 g/mol. The van der Waals surface area contributed by atoms with Gasteiger partial charge < -0.3 is 10.1 Å². The number of amides is 1. The Labute approximate surface area is 148 Å². The van der Waals surface area contributed by atoms with E-state index in [0.29, 0.717) is 6.42 Å². The minimum Gasteiger partial charge on any atom is -0.467 e. The van der Waals surface area contributed by atoms with Crippen LogP contribution < -0.4 is 5.32 Å². The van der Waals surface area contributed by atoms with E-state index in [0.717, 1.165) is 24.0 Å². The molecule has 0 unspecified atom stereocenters. The molecule has 2 aromatic rings. The van der Waals surface area contributed by atoms with E-state index < -0.39 is 12.0 Å². The second-order valence-electron chi connectivity index (χ2n) is 6.47. The number of hydrogen-bond donors (Lipinski definition) is 1. The summed E-state index contributed by atoms with van der Waals surface area (Å²) >= 11 is 0. The summed E-state index contributed by atoms with van der Waals surface area (Å²) in [5.74, 6) is -0.588. The smallest absolute Gasteiger partial charge is 0.328 e. The number of hydrogen-bond acceptors (Lipinski definition) is 3. The summed E-state index contributed by atoms with van der Waals surface area (Å²) in [6.07, 6.45) is 4.10. The summed E-state index contributed by atoms with van der Waals surface area (Å²) in [5, 5.41) is 2.82. The van der Waals surface area contributed by atoms with Crippen molar-refractivity contribution in [1.29, 1.82) is 0 Å². The lowest BCUT2D eigenvalue weighted by atomic mass is 10.0. The highest BCUT2D eigenvalue weighted by atomic mass is 16.5. The number of nitrogens with one attached hydrogen (secondary N) is 1. The van der Waals surface area contributed by atoms with Gasteiger partial charge in [-0.05, 0) is 41.5 Å². The monoisotopic (exact) mass is 337 g/mol. The van der Waals surface area contributed by atoms with Gasteiger partial charge in [0.25, 0.3) is 0 Å². The molecule has 25 heavy (non-hydrogen) atoms. The summed E-state index contributed by atoms with van der Waals surface area (Å²) in [6.45, 7) is 0. The Balaban J connectivity index is 1.64. The second kappa shape index (κ2) is 7.97. The van der Waals surface area contributed by atoms with Gasteiger partial charge >= 0.3 is 5.97 Å². The number of carbonyl (C=O) groups is 2. The molecule has 1 amide bonds. The molecule has 0 saturated carbocycles. The molecule has 1 N–H and O–H groups in total. The van der Waals surface area contributed by atoms with Crippen molar-refractivity contribution >= 4 is 11.9 Å². The zero-order valence-corrected chi connectivity index (χ0v) is 14.5. The van der Waals surface area contributed by atoms with Crippen LogP contribution in [-0.2, 0) is 40.0 Å². The van der Waals surface area contributed by atoms with Crippen molar-refractivity contribution in [3.8, 4) is 0 Å². The Morgan fingerprint density at radius 1 is 1.04 bits per heavy atom. The number of rotatable bonds is 6. The molecule has 0 spiro atoms. The number of methoxy groups -OCH3 is 1. The third-order valence-corrected chi connectivity index (χ3v) is 4.63. The predicted molar refractivity (Wildman–Crippen MR) is 96.3 cm³/mol. The third kappa shape index (κ3) is 4.47. The van der Waals surface area contributed by atoms with Gasteiger partial charge in [0.1, 0.15) is 6.04 Å². The minimum absolute atomic E-state index is 0.163. The topological polar surface area (TPSA) is 55.4 Å². The number of fused-ring (bicyclic) bond motifs is 1. The van der Waals surface area contributed by atoms with E-state index in [9.17, 15) is 9.59 Å². The molecule has 0 bridgehead atoms. The summed E-state index contributed by atoms with van der Waals surface area (Å²) in [7, 11) is 1.34. The molecular formula is C21H23NO3. The van der Waals surface area contributed by atoms with Crippen LogP contribution >= 0.6 is 0 Å². The molecule has 1 atom stereocenters. The summed E-state index contributed by atoms with van der Waals surface area (Å²) < 4.78 is 4.84. The standard InChI is InChI=1S/C21H23NO3/c1-25-21(24)19(13-15-6-3-2-4-7-15)22-20(23)14-16-10-11-17-8-5-9-18(17)12-16/h2-4,6-7,10-12,19H,5,8-9,13-14H2,1H3,(H,22,23)/t19-/m1/s1. The largest absolute Gasteiger partial charge is 0.467 e. The Bertz CT molecular complexity index is 755. The Hall–Kier alpha value is -2.62. The van der Waals surface area contributed by atoms with Gasteiger partial charge in [0.05, 0.1) is 13.5 Å². The fourth-order valence-electron chi connectivity index (χ4n) is 3.35. The molecule has 1 aliphatic rings. The van der Waals surface area contributed by atoms with E-state index in [1.54, 1.807) is 0 Å². The van der Waals surface area contributed by atoms with E-state index in [2.05, 4.69) is 17.4 Å². The SMILES string of the molecule is COC(=O)[C@@H](Cc1ccccc1)NC(=O)Cc1ccc2c(c1)CCC2. The first-order valence-electron chi connectivity index (χ1n) is 8.67. The highest BCUT2D eigenvalue weighted by molar-refractivity contribution is 5.85. The van der Waals surface area contributed by atoms with Gasteiger partial charge in [-0.25, -0.2) is 4.79 Å². The summed E-state index contributed by atoms with van der Waals surface area (Å²) in [6, 6.07) is 15.2. The van der Waals surface area contributed by atoms with Crippen molar-refractivity contribution in [2.24, 2.45) is 0 Å². The van der Waals surface area contributed by atoms with E-state index in [4.69, 9.17) is 4.74 Å². The quantitative estimate of drug-likeness (QED) is 0.825. The van der Waals surface area contributed by atoms with Crippen LogP contribution in [0.3, 0.4) is 0 Å². The van der Waals surface area contributed by atoms with Gasteiger partial charge in [0.15, 0.2) is 0 Å². The molecule has 0 fully saturated rings. The second-order valence-corrected chi connectivity index (χ2v) is 6.47. The van der Waals surface area contributed by atoms with Crippen LogP contribution in [0.1, 0.15) is 28.7 Å². The zero-order valence-electron chi connectivity index (χ0n) is 14.5. The van der Waals surface area contributed by atoms with Crippen LogP contribution in [-0.4, -0.2) is 25.0 Å². The van der Waals surface area contributed by atoms with Gasteiger partial charge in [-0.1, -0.05) is 48.5 Å². The van der Waals surface area contributed by atoms with Gasteiger partial charge in [-0.3, -0.25) is 4.79 Å². The lowest BCUT2D eigenvalue weighted by molar-refractivity contribution is -0.145. The maximum Gasteiger partial charge on any atom is 0.328 e. The molecule has 0 saturated heterocycles. The van der Waals surface area contributed by atoms with E-state index in [1.165, 1.54) is 24.7 Å². The van der Waals surface area contributed by atoms with Crippen LogP contribution in [0.4, 0.5) is 0 Å². The first-order chi connectivity index (χ1) is 12.2. The normalized spacial score (nSPS) is 13.8. The molecule has 4 heteroatoms. The number of aryl methyl sites for hydroxylation is 2. The molecule has 1 aliphatic carbocycles. The lowest BCUT2D eigenvalue weighted by Gasteiger charge is -2.17. The van der Waals surface area contributed by atoms with Crippen molar-refractivity contribution < 1.29 is 14.3 Å². The molecule has 130 valence electrons. The van der Waals surface area contributed by atoms with Gasteiger partial charge in [-0.2, -0.15) is 0 Å². The minimum atomic E-state index is -0.672. The fraction of sp³-hybridized carbons (Fsp3) is 0.333. The predicted octanol–water partition coefficient (Wildman–Crippen LogP) is 2.62. The van der Waals surface area contributed by atoms with Crippen molar-refractivity contribution in [2.45, 2.75) is 38.1 Å². The molecule has 0 radical (unpaired) electrons.